The molecule has 3 aromatic rings. The molecule has 108 valence electrons. The van der Waals surface area contributed by atoms with Crippen LogP contribution in [-0.2, 0) is 0 Å². The Balaban J connectivity index is 2.02. The van der Waals surface area contributed by atoms with E-state index in [4.69, 9.17) is 9.47 Å². The first-order chi connectivity index (χ1) is 10.2. The van der Waals surface area contributed by atoms with Crippen molar-refractivity contribution in [2.24, 2.45) is 0 Å². The smallest absolute Gasteiger partial charge is 0.183 e. The first kappa shape index (κ1) is 13.2. The van der Waals surface area contributed by atoms with Crippen LogP contribution in [0, 0.1) is 6.92 Å². The van der Waals surface area contributed by atoms with Crippen LogP contribution in [0.15, 0.2) is 24.5 Å². The SMILES string of the molecule is COc1cc(Nc2ncnc3nc(C)[nH]c23)cc(OC)c1. The molecule has 7 nitrogen and oxygen atoms in total. The predicted octanol–water partition coefficient (Wildman–Crippen LogP) is 2.42. The molecule has 0 saturated heterocycles. The number of aryl methyl sites for hydroxylation is 1. The third-order valence-corrected chi connectivity index (χ3v) is 3.02. The zero-order chi connectivity index (χ0) is 14.8. The van der Waals surface area contributed by atoms with Crippen molar-refractivity contribution < 1.29 is 9.47 Å². The molecule has 0 unspecified atom stereocenters. The first-order valence-electron chi connectivity index (χ1n) is 6.37. The maximum absolute atomic E-state index is 5.25. The maximum atomic E-state index is 5.25. The van der Waals surface area contributed by atoms with Crippen LogP contribution in [0.5, 0.6) is 11.5 Å². The quantitative estimate of drug-likeness (QED) is 0.765. The Morgan fingerprint density at radius 2 is 1.76 bits per heavy atom. The van der Waals surface area contributed by atoms with Gasteiger partial charge in [-0.25, -0.2) is 15.0 Å². The van der Waals surface area contributed by atoms with Gasteiger partial charge in [0, 0.05) is 23.9 Å². The molecule has 0 atom stereocenters. The van der Waals surface area contributed by atoms with Gasteiger partial charge in [-0.2, -0.15) is 0 Å². The molecule has 0 spiro atoms. The predicted molar refractivity (Wildman–Crippen MR) is 79.2 cm³/mol. The average Bonchev–Trinajstić information content (AvgIpc) is 2.88. The summed E-state index contributed by atoms with van der Waals surface area (Å²) >= 11 is 0. The Kier molecular flexibility index (Phi) is 3.31. The van der Waals surface area contributed by atoms with Crippen LogP contribution in [0.1, 0.15) is 5.82 Å². The monoisotopic (exact) mass is 285 g/mol. The molecule has 0 aliphatic heterocycles. The molecule has 0 amide bonds. The van der Waals surface area contributed by atoms with Crippen molar-refractivity contribution in [3.8, 4) is 11.5 Å². The minimum absolute atomic E-state index is 0.625. The molecular formula is C14H15N5O2. The third-order valence-electron chi connectivity index (χ3n) is 3.02. The Morgan fingerprint density at radius 3 is 2.43 bits per heavy atom. The highest BCUT2D eigenvalue weighted by Crippen LogP contribution is 2.29. The number of hydrogen-bond acceptors (Lipinski definition) is 6. The van der Waals surface area contributed by atoms with E-state index >= 15 is 0 Å². The van der Waals surface area contributed by atoms with Crippen molar-refractivity contribution in [2.45, 2.75) is 6.92 Å². The first-order valence-corrected chi connectivity index (χ1v) is 6.37. The van der Waals surface area contributed by atoms with Gasteiger partial charge in [0.1, 0.15) is 29.2 Å². The molecule has 2 heterocycles. The lowest BCUT2D eigenvalue weighted by Crippen LogP contribution is -1.97. The highest BCUT2D eigenvalue weighted by molar-refractivity contribution is 5.85. The van der Waals surface area contributed by atoms with E-state index in [2.05, 4.69) is 25.3 Å². The molecule has 21 heavy (non-hydrogen) atoms. The molecule has 2 N–H and O–H groups in total. The maximum Gasteiger partial charge on any atom is 0.183 e. The van der Waals surface area contributed by atoms with Gasteiger partial charge in [-0.05, 0) is 6.92 Å². The van der Waals surface area contributed by atoms with Crippen LogP contribution in [-0.4, -0.2) is 34.2 Å². The second kappa shape index (κ2) is 5.28. The van der Waals surface area contributed by atoms with Crippen molar-refractivity contribution in [3.05, 3.63) is 30.4 Å². The fraction of sp³-hybridized carbons (Fsp3) is 0.214. The van der Waals surface area contributed by atoms with E-state index in [-0.39, 0.29) is 0 Å². The minimum atomic E-state index is 0.625. The Bertz CT molecular complexity index is 762. The van der Waals surface area contributed by atoms with Gasteiger partial charge in [0.2, 0.25) is 0 Å². The van der Waals surface area contributed by atoms with E-state index in [9.17, 15) is 0 Å². The summed E-state index contributed by atoms with van der Waals surface area (Å²) in [5, 5.41) is 3.23. The number of hydrogen-bond donors (Lipinski definition) is 2. The number of imidazole rings is 1. The van der Waals surface area contributed by atoms with Crippen LogP contribution in [0.4, 0.5) is 11.5 Å². The number of fused-ring (bicyclic) bond motifs is 1. The van der Waals surface area contributed by atoms with E-state index in [1.165, 1.54) is 6.33 Å². The lowest BCUT2D eigenvalue weighted by Gasteiger charge is -2.10. The fourth-order valence-corrected chi connectivity index (χ4v) is 2.05. The van der Waals surface area contributed by atoms with Crippen molar-refractivity contribution in [2.75, 3.05) is 19.5 Å². The topological polar surface area (TPSA) is 85.0 Å². The van der Waals surface area contributed by atoms with E-state index in [0.717, 1.165) is 17.0 Å². The van der Waals surface area contributed by atoms with Crippen LogP contribution < -0.4 is 14.8 Å². The number of rotatable bonds is 4. The average molecular weight is 285 g/mol. The number of aromatic amines is 1. The summed E-state index contributed by atoms with van der Waals surface area (Å²) in [6.45, 7) is 1.88. The van der Waals surface area contributed by atoms with E-state index in [1.54, 1.807) is 20.3 Å². The highest BCUT2D eigenvalue weighted by Gasteiger charge is 2.09. The number of methoxy groups -OCH3 is 2. The number of ether oxygens (including phenoxy) is 2. The zero-order valence-electron chi connectivity index (χ0n) is 12.0. The molecule has 0 aliphatic rings. The number of nitrogens with one attached hydrogen (secondary N) is 2. The second-order valence-corrected chi connectivity index (χ2v) is 4.47. The number of benzene rings is 1. The lowest BCUT2D eigenvalue weighted by atomic mass is 10.2. The Hall–Kier alpha value is -2.83. The summed E-state index contributed by atoms with van der Waals surface area (Å²) in [6, 6.07) is 5.53. The summed E-state index contributed by atoms with van der Waals surface area (Å²) < 4.78 is 10.5. The number of anilines is 2. The fourth-order valence-electron chi connectivity index (χ4n) is 2.05. The zero-order valence-corrected chi connectivity index (χ0v) is 12.0. The van der Waals surface area contributed by atoms with Crippen LogP contribution in [0.3, 0.4) is 0 Å². The van der Waals surface area contributed by atoms with E-state index in [0.29, 0.717) is 23.0 Å². The summed E-state index contributed by atoms with van der Waals surface area (Å²) in [6.07, 6.45) is 1.47. The van der Waals surface area contributed by atoms with E-state index in [1.807, 2.05) is 19.1 Å². The molecule has 7 heteroatoms. The van der Waals surface area contributed by atoms with Gasteiger partial charge in [-0.3, -0.25) is 0 Å². The molecule has 0 radical (unpaired) electrons. The van der Waals surface area contributed by atoms with Crippen molar-refractivity contribution in [1.29, 1.82) is 0 Å². The van der Waals surface area contributed by atoms with Gasteiger partial charge < -0.3 is 19.8 Å². The molecule has 0 saturated carbocycles. The van der Waals surface area contributed by atoms with Gasteiger partial charge in [-0.15, -0.1) is 0 Å². The Morgan fingerprint density at radius 1 is 1.05 bits per heavy atom. The van der Waals surface area contributed by atoms with Crippen molar-refractivity contribution in [1.82, 2.24) is 19.9 Å². The van der Waals surface area contributed by atoms with Crippen molar-refractivity contribution in [3.63, 3.8) is 0 Å². The summed E-state index contributed by atoms with van der Waals surface area (Å²) in [4.78, 5) is 15.8. The Labute approximate surface area is 121 Å². The van der Waals surface area contributed by atoms with Crippen LogP contribution in [0.2, 0.25) is 0 Å². The van der Waals surface area contributed by atoms with Crippen LogP contribution in [0.25, 0.3) is 11.2 Å². The third kappa shape index (κ3) is 2.58. The van der Waals surface area contributed by atoms with E-state index < -0.39 is 0 Å². The largest absolute Gasteiger partial charge is 0.497 e. The molecule has 0 bridgehead atoms. The molecule has 0 fully saturated rings. The summed E-state index contributed by atoms with van der Waals surface area (Å²) in [5.74, 6) is 2.83. The standard InChI is InChI=1S/C14H15N5O2/c1-8-17-12-13(18-8)15-7-16-14(12)19-9-4-10(20-2)6-11(5-9)21-3/h4-7H,1-3H3,(H2,15,16,17,18,19). The lowest BCUT2D eigenvalue weighted by molar-refractivity contribution is 0.395. The highest BCUT2D eigenvalue weighted by atomic mass is 16.5. The number of H-pyrrole nitrogens is 1. The number of aromatic nitrogens is 4. The summed E-state index contributed by atoms with van der Waals surface area (Å²) in [7, 11) is 3.22. The van der Waals surface area contributed by atoms with Crippen molar-refractivity contribution >= 4 is 22.7 Å². The number of nitrogens with zero attached hydrogens (tertiary/aromatic N) is 3. The van der Waals surface area contributed by atoms with Gasteiger partial charge in [0.15, 0.2) is 11.5 Å². The minimum Gasteiger partial charge on any atom is -0.497 e. The molecular weight excluding hydrogens is 270 g/mol. The van der Waals surface area contributed by atoms with Crippen LogP contribution >= 0.6 is 0 Å². The van der Waals surface area contributed by atoms with Gasteiger partial charge in [-0.1, -0.05) is 0 Å². The second-order valence-electron chi connectivity index (χ2n) is 4.47. The molecule has 0 aliphatic carbocycles. The van der Waals surface area contributed by atoms with Gasteiger partial charge in [0.05, 0.1) is 14.2 Å². The molecule has 3 rings (SSSR count). The normalized spacial score (nSPS) is 10.6. The summed E-state index contributed by atoms with van der Waals surface area (Å²) in [5.41, 5.74) is 2.19. The molecule has 2 aromatic heterocycles. The molecule has 1 aromatic carbocycles. The van der Waals surface area contributed by atoms with Gasteiger partial charge >= 0.3 is 0 Å². The van der Waals surface area contributed by atoms with Gasteiger partial charge in [0.25, 0.3) is 0 Å².